The quantitative estimate of drug-likeness (QED) is 0.360. The molecule has 0 spiro atoms. The van der Waals surface area contributed by atoms with Crippen molar-refractivity contribution in [2.75, 3.05) is 65.8 Å². The van der Waals surface area contributed by atoms with Gasteiger partial charge in [-0.25, -0.2) is 0 Å². The van der Waals surface area contributed by atoms with Crippen LogP contribution in [0.25, 0.3) is 0 Å². The van der Waals surface area contributed by atoms with Crippen molar-refractivity contribution in [3.8, 4) is 0 Å². The molecule has 7 nitrogen and oxygen atoms in total. The minimum atomic E-state index is 0.293. The summed E-state index contributed by atoms with van der Waals surface area (Å²) in [6.07, 6.45) is 2.29. The number of hydrogen-bond donors (Lipinski definition) is 2. The van der Waals surface area contributed by atoms with Crippen LogP contribution in [0.3, 0.4) is 0 Å². The predicted octanol–water partition coefficient (Wildman–Crippen LogP) is 0.458. The Morgan fingerprint density at radius 2 is 2.08 bits per heavy atom. The third kappa shape index (κ3) is 7.34. The van der Waals surface area contributed by atoms with Gasteiger partial charge in [0.1, 0.15) is 0 Å². The van der Waals surface area contributed by atoms with E-state index in [-0.39, 0.29) is 0 Å². The molecule has 2 N–H and O–H groups in total. The summed E-state index contributed by atoms with van der Waals surface area (Å²) in [7, 11) is 0. The van der Waals surface area contributed by atoms with Crippen LogP contribution in [0.1, 0.15) is 26.7 Å². The number of morpholine rings is 1. The fourth-order valence-corrected chi connectivity index (χ4v) is 2.87. The molecule has 2 aliphatic rings. The van der Waals surface area contributed by atoms with E-state index in [1.807, 2.05) is 0 Å². The van der Waals surface area contributed by atoms with Crippen LogP contribution in [0.2, 0.25) is 0 Å². The SMILES string of the molecule is CCNC(=NCC(C)N1CCOCC1)NCCCOC1CCOC1. The molecular formula is C17H34N4O3. The summed E-state index contributed by atoms with van der Waals surface area (Å²) in [6.45, 7) is 12.9. The predicted molar refractivity (Wildman–Crippen MR) is 95.6 cm³/mol. The molecule has 0 amide bonds. The van der Waals surface area contributed by atoms with E-state index in [0.29, 0.717) is 12.1 Å². The topological polar surface area (TPSA) is 67.4 Å². The summed E-state index contributed by atoms with van der Waals surface area (Å²) in [6, 6.07) is 0.440. The second-order valence-electron chi connectivity index (χ2n) is 6.35. The van der Waals surface area contributed by atoms with Crippen LogP contribution in [0.5, 0.6) is 0 Å². The lowest BCUT2D eigenvalue weighted by Crippen LogP contribution is -2.44. The van der Waals surface area contributed by atoms with Crippen molar-refractivity contribution in [1.29, 1.82) is 0 Å². The molecule has 0 bridgehead atoms. The number of nitrogens with one attached hydrogen (secondary N) is 2. The van der Waals surface area contributed by atoms with E-state index in [9.17, 15) is 0 Å². The highest BCUT2D eigenvalue weighted by atomic mass is 16.5. The Balaban J connectivity index is 1.61. The van der Waals surface area contributed by atoms with Gasteiger partial charge in [-0.1, -0.05) is 0 Å². The lowest BCUT2D eigenvalue weighted by atomic mass is 10.2. The summed E-state index contributed by atoms with van der Waals surface area (Å²) < 4.78 is 16.5. The summed E-state index contributed by atoms with van der Waals surface area (Å²) >= 11 is 0. The largest absolute Gasteiger partial charge is 0.379 e. The second kappa shape index (κ2) is 11.6. The molecule has 2 unspecified atom stereocenters. The van der Waals surface area contributed by atoms with E-state index >= 15 is 0 Å². The van der Waals surface area contributed by atoms with Gasteiger partial charge in [-0.15, -0.1) is 0 Å². The van der Waals surface area contributed by atoms with Crippen molar-refractivity contribution in [3.05, 3.63) is 0 Å². The Hall–Kier alpha value is -0.890. The molecule has 0 aromatic carbocycles. The van der Waals surface area contributed by atoms with Crippen molar-refractivity contribution in [3.63, 3.8) is 0 Å². The normalized spacial score (nSPS) is 24.1. The van der Waals surface area contributed by atoms with Crippen LogP contribution in [-0.2, 0) is 14.2 Å². The van der Waals surface area contributed by atoms with Crippen molar-refractivity contribution < 1.29 is 14.2 Å². The standard InChI is InChI=1S/C17H34N4O3/c1-3-18-17(19-6-4-9-24-16-5-10-23-14-16)20-13-15(2)21-7-11-22-12-8-21/h15-16H,3-14H2,1-2H3,(H2,18,19,20). The van der Waals surface area contributed by atoms with Gasteiger partial charge in [0, 0.05) is 45.4 Å². The molecule has 0 aliphatic carbocycles. The van der Waals surface area contributed by atoms with Crippen molar-refractivity contribution in [2.45, 2.75) is 38.8 Å². The molecule has 140 valence electrons. The van der Waals surface area contributed by atoms with Crippen LogP contribution in [-0.4, -0.2) is 88.8 Å². The highest BCUT2D eigenvalue weighted by molar-refractivity contribution is 5.79. The van der Waals surface area contributed by atoms with E-state index in [1.54, 1.807) is 0 Å². The van der Waals surface area contributed by atoms with Gasteiger partial charge in [-0.3, -0.25) is 9.89 Å². The fraction of sp³-hybridized carbons (Fsp3) is 0.941. The van der Waals surface area contributed by atoms with Crippen LogP contribution in [0.15, 0.2) is 4.99 Å². The zero-order valence-corrected chi connectivity index (χ0v) is 15.3. The van der Waals surface area contributed by atoms with E-state index in [2.05, 4.69) is 29.4 Å². The number of nitrogens with zero attached hydrogens (tertiary/aromatic N) is 2. The minimum absolute atomic E-state index is 0.293. The summed E-state index contributed by atoms with van der Waals surface area (Å²) in [5.41, 5.74) is 0. The Morgan fingerprint density at radius 3 is 2.79 bits per heavy atom. The fourth-order valence-electron chi connectivity index (χ4n) is 2.87. The Labute approximate surface area is 146 Å². The molecular weight excluding hydrogens is 308 g/mol. The van der Waals surface area contributed by atoms with Gasteiger partial charge in [-0.05, 0) is 26.7 Å². The molecule has 2 saturated heterocycles. The minimum Gasteiger partial charge on any atom is -0.379 e. The van der Waals surface area contributed by atoms with E-state index in [4.69, 9.17) is 19.2 Å². The number of rotatable bonds is 9. The smallest absolute Gasteiger partial charge is 0.191 e. The number of aliphatic imine (C=N–C) groups is 1. The maximum Gasteiger partial charge on any atom is 0.191 e. The van der Waals surface area contributed by atoms with E-state index in [1.165, 1.54) is 0 Å². The monoisotopic (exact) mass is 342 g/mol. The zero-order chi connectivity index (χ0) is 17.0. The van der Waals surface area contributed by atoms with Crippen molar-refractivity contribution in [1.82, 2.24) is 15.5 Å². The summed E-state index contributed by atoms with van der Waals surface area (Å²) in [5, 5.41) is 6.70. The van der Waals surface area contributed by atoms with Gasteiger partial charge >= 0.3 is 0 Å². The molecule has 0 radical (unpaired) electrons. The summed E-state index contributed by atoms with van der Waals surface area (Å²) in [4.78, 5) is 7.15. The lowest BCUT2D eigenvalue weighted by molar-refractivity contribution is 0.0220. The zero-order valence-electron chi connectivity index (χ0n) is 15.3. The first-order valence-corrected chi connectivity index (χ1v) is 9.33. The van der Waals surface area contributed by atoms with Gasteiger partial charge in [0.2, 0.25) is 0 Å². The molecule has 7 heteroatoms. The van der Waals surface area contributed by atoms with Gasteiger partial charge in [-0.2, -0.15) is 0 Å². The second-order valence-corrected chi connectivity index (χ2v) is 6.35. The molecule has 2 aliphatic heterocycles. The Bertz CT molecular complexity index is 356. The molecule has 24 heavy (non-hydrogen) atoms. The van der Waals surface area contributed by atoms with Crippen molar-refractivity contribution >= 4 is 5.96 Å². The molecule has 0 aromatic rings. The third-order valence-electron chi connectivity index (χ3n) is 4.38. The van der Waals surface area contributed by atoms with E-state index in [0.717, 1.165) is 84.6 Å². The van der Waals surface area contributed by atoms with Crippen LogP contribution >= 0.6 is 0 Å². The van der Waals surface area contributed by atoms with Gasteiger partial charge in [0.05, 0.1) is 32.5 Å². The third-order valence-corrected chi connectivity index (χ3v) is 4.38. The van der Waals surface area contributed by atoms with Gasteiger partial charge in [0.25, 0.3) is 0 Å². The molecule has 0 aromatic heterocycles. The van der Waals surface area contributed by atoms with Crippen LogP contribution < -0.4 is 10.6 Å². The van der Waals surface area contributed by atoms with Crippen LogP contribution in [0.4, 0.5) is 0 Å². The molecule has 2 rings (SSSR count). The lowest BCUT2D eigenvalue weighted by Gasteiger charge is -2.31. The van der Waals surface area contributed by atoms with E-state index < -0.39 is 0 Å². The highest BCUT2D eigenvalue weighted by Gasteiger charge is 2.17. The number of hydrogen-bond acceptors (Lipinski definition) is 5. The number of guanidine groups is 1. The summed E-state index contributed by atoms with van der Waals surface area (Å²) in [5.74, 6) is 0.891. The first-order chi connectivity index (χ1) is 11.8. The maximum absolute atomic E-state index is 5.78. The van der Waals surface area contributed by atoms with Crippen LogP contribution in [0, 0.1) is 0 Å². The average molecular weight is 342 g/mol. The molecule has 2 heterocycles. The van der Waals surface area contributed by atoms with Gasteiger partial charge in [0.15, 0.2) is 5.96 Å². The average Bonchev–Trinajstić information content (AvgIpc) is 3.13. The highest BCUT2D eigenvalue weighted by Crippen LogP contribution is 2.08. The molecule has 0 saturated carbocycles. The first kappa shape index (κ1) is 19.4. The van der Waals surface area contributed by atoms with Gasteiger partial charge < -0.3 is 24.8 Å². The molecule has 2 fully saturated rings. The first-order valence-electron chi connectivity index (χ1n) is 9.33. The maximum atomic E-state index is 5.78. The Kier molecular flexibility index (Phi) is 9.42. The molecule has 2 atom stereocenters. The Morgan fingerprint density at radius 1 is 1.25 bits per heavy atom. The number of ether oxygens (including phenoxy) is 3. The van der Waals surface area contributed by atoms with Crippen molar-refractivity contribution in [2.24, 2.45) is 4.99 Å².